The molecule has 6 unspecified atom stereocenters. The maximum atomic E-state index is 11.3. The van der Waals surface area contributed by atoms with Crippen LogP contribution in [0.2, 0.25) is 0 Å². The number of hydrogen-bond donors (Lipinski definition) is 4. The van der Waals surface area contributed by atoms with Crippen LogP contribution in [0.3, 0.4) is 0 Å². The van der Waals surface area contributed by atoms with Crippen molar-refractivity contribution in [3.05, 3.63) is 0 Å². The fourth-order valence-electron chi connectivity index (χ4n) is 6.80. The number of rotatable bonds is 16. The molecule has 6 heteroatoms. The molecule has 37 heavy (non-hydrogen) atoms. The third-order valence-corrected chi connectivity index (χ3v) is 9.79. The molecule has 6 atom stereocenters. The van der Waals surface area contributed by atoms with Crippen molar-refractivity contribution in [2.75, 3.05) is 0 Å². The normalized spacial score (nSPS) is 29.2. The fourth-order valence-corrected chi connectivity index (χ4v) is 6.80. The van der Waals surface area contributed by atoms with Crippen LogP contribution in [0.4, 0.5) is 0 Å². The van der Waals surface area contributed by atoms with E-state index in [9.17, 15) is 30.0 Å². The topological polar surface area (TPSA) is 115 Å². The Morgan fingerprint density at radius 1 is 0.568 bits per heavy atom. The molecule has 2 fully saturated rings. The molecule has 2 aliphatic rings. The van der Waals surface area contributed by atoms with Crippen molar-refractivity contribution >= 4 is 11.9 Å². The minimum absolute atomic E-state index is 0.250. The Hall–Kier alpha value is -1.14. The fraction of sp³-hybridized carbons (Fsp3) is 0.935. The summed E-state index contributed by atoms with van der Waals surface area (Å²) in [6.07, 6.45) is 16.4. The van der Waals surface area contributed by atoms with Crippen LogP contribution in [0.1, 0.15) is 137 Å². The Balaban J connectivity index is 1.69. The Morgan fingerprint density at radius 3 is 1.16 bits per heavy atom. The summed E-state index contributed by atoms with van der Waals surface area (Å²) in [5.74, 6) is -0.101. The van der Waals surface area contributed by atoms with Gasteiger partial charge in [-0.15, -0.1) is 0 Å². The van der Waals surface area contributed by atoms with Crippen LogP contribution in [0.15, 0.2) is 0 Å². The largest absolute Gasteiger partial charge is 0.481 e. The zero-order chi connectivity index (χ0) is 27.6. The van der Waals surface area contributed by atoms with Gasteiger partial charge in [-0.05, 0) is 116 Å². The average molecular weight is 525 g/mol. The summed E-state index contributed by atoms with van der Waals surface area (Å²) in [7, 11) is 0. The number of carboxylic acid groups (broad SMARTS) is 2. The Bertz CT molecular complexity index is 644. The van der Waals surface area contributed by atoms with Gasteiger partial charge < -0.3 is 20.4 Å². The highest BCUT2D eigenvalue weighted by Gasteiger charge is 2.34. The van der Waals surface area contributed by atoms with Crippen LogP contribution in [0.25, 0.3) is 0 Å². The maximum absolute atomic E-state index is 11.3. The molecule has 0 radical (unpaired) electrons. The van der Waals surface area contributed by atoms with Gasteiger partial charge in [0.2, 0.25) is 0 Å². The molecule has 0 amide bonds. The highest BCUT2D eigenvalue weighted by molar-refractivity contribution is 5.73. The second-order valence-corrected chi connectivity index (χ2v) is 13.7. The molecule has 2 aliphatic carbocycles. The van der Waals surface area contributed by atoms with Gasteiger partial charge in [0.15, 0.2) is 0 Å². The van der Waals surface area contributed by atoms with E-state index in [0.717, 1.165) is 83.5 Å². The lowest BCUT2D eigenvalue weighted by Gasteiger charge is -2.37. The first-order valence-electron chi connectivity index (χ1n) is 15.2. The van der Waals surface area contributed by atoms with E-state index in [2.05, 4.69) is 0 Å². The molecule has 0 saturated heterocycles. The zero-order valence-corrected chi connectivity index (χ0v) is 24.1. The maximum Gasteiger partial charge on any atom is 0.309 e. The summed E-state index contributed by atoms with van der Waals surface area (Å²) in [5, 5.41) is 40.7. The number of hydrogen-bond acceptors (Lipinski definition) is 4. The standard InChI is InChI=1S/C31H56O6/c1-30(2,28(34)35)20-7-5-12-22-14-9-16-24(26(22)32)18-11-19-25-17-10-15-23(27(25)33)13-6-8-21-31(3,4)29(36)37/h22-27,32-33H,5-21H2,1-4H3,(H,34,35)(H,36,37). The van der Waals surface area contributed by atoms with Gasteiger partial charge >= 0.3 is 11.9 Å². The monoisotopic (exact) mass is 524 g/mol. The molecule has 0 aromatic carbocycles. The van der Waals surface area contributed by atoms with Gasteiger partial charge in [0.05, 0.1) is 23.0 Å². The van der Waals surface area contributed by atoms with Crippen molar-refractivity contribution < 1.29 is 30.0 Å². The quantitative estimate of drug-likeness (QED) is 0.161. The predicted molar refractivity (Wildman–Crippen MR) is 147 cm³/mol. The van der Waals surface area contributed by atoms with E-state index >= 15 is 0 Å². The molecule has 0 aliphatic heterocycles. The SMILES string of the molecule is CC(C)(CCCCC1CCCC(CCCC2CCCC(CCCCC(C)(C)C(=O)O)C2O)C1O)C(=O)O. The first kappa shape index (κ1) is 32.1. The Morgan fingerprint density at radius 2 is 0.865 bits per heavy atom. The van der Waals surface area contributed by atoms with E-state index in [-0.39, 0.29) is 12.2 Å². The lowest BCUT2D eigenvalue weighted by molar-refractivity contribution is -0.148. The van der Waals surface area contributed by atoms with Crippen LogP contribution in [-0.4, -0.2) is 44.6 Å². The highest BCUT2D eigenvalue weighted by Crippen LogP contribution is 2.39. The minimum Gasteiger partial charge on any atom is -0.481 e. The summed E-state index contributed by atoms with van der Waals surface area (Å²) in [6, 6.07) is 0. The van der Waals surface area contributed by atoms with Gasteiger partial charge in [-0.2, -0.15) is 0 Å². The van der Waals surface area contributed by atoms with Gasteiger partial charge in [0, 0.05) is 0 Å². The van der Waals surface area contributed by atoms with Crippen LogP contribution < -0.4 is 0 Å². The first-order valence-corrected chi connectivity index (χ1v) is 15.2. The third-order valence-electron chi connectivity index (χ3n) is 9.79. The van der Waals surface area contributed by atoms with Crippen LogP contribution in [0.5, 0.6) is 0 Å². The number of aliphatic carboxylic acids is 2. The molecule has 4 N–H and O–H groups in total. The predicted octanol–water partition coefficient (Wildman–Crippen LogP) is 7.05. The summed E-state index contributed by atoms with van der Waals surface area (Å²) < 4.78 is 0. The van der Waals surface area contributed by atoms with Crippen molar-refractivity contribution in [3.8, 4) is 0 Å². The number of aliphatic hydroxyl groups excluding tert-OH is 2. The average Bonchev–Trinajstić information content (AvgIpc) is 2.83. The molecular formula is C31H56O6. The summed E-state index contributed by atoms with van der Waals surface area (Å²) in [4.78, 5) is 22.6. The van der Waals surface area contributed by atoms with Gasteiger partial charge in [0.25, 0.3) is 0 Å². The summed E-state index contributed by atoms with van der Waals surface area (Å²) >= 11 is 0. The van der Waals surface area contributed by atoms with Crippen molar-refractivity contribution in [3.63, 3.8) is 0 Å². The molecule has 0 aromatic rings. The van der Waals surface area contributed by atoms with E-state index in [1.807, 2.05) is 0 Å². The lowest BCUT2D eigenvalue weighted by Crippen LogP contribution is -2.35. The second kappa shape index (κ2) is 14.9. The van der Waals surface area contributed by atoms with Crippen LogP contribution in [0, 0.1) is 34.5 Å². The van der Waals surface area contributed by atoms with Gasteiger partial charge in [0.1, 0.15) is 0 Å². The van der Waals surface area contributed by atoms with Crippen LogP contribution >= 0.6 is 0 Å². The van der Waals surface area contributed by atoms with Crippen molar-refractivity contribution in [1.82, 2.24) is 0 Å². The van der Waals surface area contributed by atoms with Gasteiger partial charge in [-0.25, -0.2) is 0 Å². The molecule has 6 nitrogen and oxygen atoms in total. The van der Waals surface area contributed by atoms with E-state index in [1.54, 1.807) is 27.7 Å². The molecule has 2 saturated carbocycles. The van der Waals surface area contributed by atoms with E-state index in [4.69, 9.17) is 0 Å². The molecule has 2 rings (SSSR count). The summed E-state index contributed by atoms with van der Waals surface area (Å²) in [6.45, 7) is 7.15. The van der Waals surface area contributed by atoms with Gasteiger partial charge in [-0.3, -0.25) is 9.59 Å². The number of carbonyl (C=O) groups is 2. The number of unbranched alkanes of at least 4 members (excludes halogenated alkanes) is 2. The van der Waals surface area contributed by atoms with Gasteiger partial charge in [-0.1, -0.05) is 44.9 Å². The second-order valence-electron chi connectivity index (χ2n) is 13.7. The minimum atomic E-state index is -0.737. The van der Waals surface area contributed by atoms with Crippen molar-refractivity contribution in [1.29, 1.82) is 0 Å². The van der Waals surface area contributed by atoms with Crippen molar-refractivity contribution in [2.24, 2.45) is 34.5 Å². The third kappa shape index (κ3) is 10.2. The number of aliphatic hydroxyl groups is 2. The van der Waals surface area contributed by atoms with E-state index in [1.165, 1.54) is 12.8 Å². The highest BCUT2D eigenvalue weighted by atomic mass is 16.4. The molecule has 0 heterocycles. The molecular weight excluding hydrogens is 468 g/mol. The Labute approximate surface area is 225 Å². The number of carboxylic acids is 2. The molecule has 0 bridgehead atoms. The Kier molecular flexibility index (Phi) is 12.9. The van der Waals surface area contributed by atoms with Crippen molar-refractivity contribution in [2.45, 2.75) is 149 Å². The molecule has 216 valence electrons. The smallest absolute Gasteiger partial charge is 0.309 e. The first-order chi connectivity index (χ1) is 17.3. The summed E-state index contributed by atoms with van der Waals surface area (Å²) in [5.41, 5.74) is -1.35. The van der Waals surface area contributed by atoms with Crippen LogP contribution in [-0.2, 0) is 9.59 Å². The molecule has 0 aromatic heterocycles. The van der Waals surface area contributed by atoms with E-state index in [0.29, 0.717) is 36.5 Å². The zero-order valence-electron chi connectivity index (χ0n) is 24.1. The van der Waals surface area contributed by atoms with E-state index < -0.39 is 22.8 Å². The lowest BCUT2D eigenvalue weighted by atomic mass is 9.72. The molecule has 0 spiro atoms.